The first-order valence-corrected chi connectivity index (χ1v) is 8.55. The number of hydrogen-bond donors (Lipinski definition) is 1. The highest BCUT2D eigenvalue weighted by Crippen LogP contribution is 2.44. The third-order valence-corrected chi connectivity index (χ3v) is 4.58. The number of carbonyl (C=O) groups is 2. The van der Waals surface area contributed by atoms with Crippen molar-refractivity contribution < 1.29 is 19.4 Å². The largest absolute Gasteiger partial charge is 0.481 e. The molecule has 136 valence electrons. The van der Waals surface area contributed by atoms with E-state index in [0.717, 1.165) is 16.5 Å². The molecule has 0 unspecified atom stereocenters. The van der Waals surface area contributed by atoms with Gasteiger partial charge in [0, 0.05) is 12.7 Å². The lowest BCUT2D eigenvalue weighted by atomic mass is 10.1. The molecule has 0 atom stereocenters. The van der Waals surface area contributed by atoms with Crippen molar-refractivity contribution in [3.8, 4) is 5.75 Å². The number of hydrogen-bond acceptors (Lipinski definition) is 4. The topological polar surface area (TPSA) is 70.1 Å². The summed E-state index contributed by atoms with van der Waals surface area (Å²) in [5.41, 5.74) is 1.91. The lowest BCUT2D eigenvalue weighted by Gasteiger charge is -2.33. The number of carbonyl (C=O) groups excluding carboxylic acids is 1. The van der Waals surface area contributed by atoms with Gasteiger partial charge in [-0.2, -0.15) is 0 Å². The van der Waals surface area contributed by atoms with Crippen molar-refractivity contribution in [2.45, 2.75) is 0 Å². The molecule has 6 heteroatoms. The number of nitrogens with zero attached hydrogens (tertiary/aromatic N) is 2. The van der Waals surface area contributed by atoms with Crippen LogP contribution in [0.4, 0.5) is 17.1 Å². The van der Waals surface area contributed by atoms with Gasteiger partial charge >= 0.3 is 5.97 Å². The normalized spacial score (nSPS) is 13.2. The molecule has 0 radical (unpaired) electrons. The van der Waals surface area contributed by atoms with E-state index in [9.17, 15) is 9.59 Å². The van der Waals surface area contributed by atoms with Crippen molar-refractivity contribution in [1.29, 1.82) is 0 Å². The van der Waals surface area contributed by atoms with E-state index < -0.39 is 5.97 Å². The Morgan fingerprint density at radius 2 is 1.89 bits per heavy atom. The number of para-hydroxylation sites is 1. The molecule has 4 rings (SSSR count). The molecule has 1 heterocycles. The quantitative estimate of drug-likeness (QED) is 0.770. The van der Waals surface area contributed by atoms with E-state index >= 15 is 0 Å². The predicted octanol–water partition coefficient (Wildman–Crippen LogP) is 3.42. The highest BCUT2D eigenvalue weighted by Gasteiger charge is 2.31. The summed E-state index contributed by atoms with van der Waals surface area (Å²) in [7, 11) is 1.68. The first-order chi connectivity index (χ1) is 13.0. The van der Waals surface area contributed by atoms with Crippen LogP contribution in [0.2, 0.25) is 0 Å². The van der Waals surface area contributed by atoms with Crippen LogP contribution < -0.4 is 14.5 Å². The molecule has 0 saturated heterocycles. The van der Waals surface area contributed by atoms with Gasteiger partial charge in [-0.1, -0.05) is 36.4 Å². The van der Waals surface area contributed by atoms with Crippen molar-refractivity contribution in [3.63, 3.8) is 0 Å². The van der Waals surface area contributed by atoms with E-state index in [4.69, 9.17) is 9.84 Å². The fourth-order valence-electron chi connectivity index (χ4n) is 3.37. The summed E-state index contributed by atoms with van der Waals surface area (Å²) in [5.74, 6) is -0.595. The molecule has 0 bridgehead atoms. The second kappa shape index (κ2) is 6.64. The van der Waals surface area contributed by atoms with Gasteiger partial charge in [0.1, 0.15) is 18.0 Å². The minimum atomic E-state index is -0.949. The molecule has 6 nitrogen and oxygen atoms in total. The Hall–Kier alpha value is -3.54. The number of fused-ring (bicyclic) bond motifs is 2. The van der Waals surface area contributed by atoms with E-state index in [1.807, 2.05) is 42.5 Å². The highest BCUT2D eigenvalue weighted by molar-refractivity contribution is 6.08. The van der Waals surface area contributed by atoms with E-state index in [0.29, 0.717) is 17.1 Å². The molecule has 27 heavy (non-hydrogen) atoms. The lowest BCUT2D eigenvalue weighted by Crippen LogP contribution is -2.37. The Morgan fingerprint density at radius 1 is 1.11 bits per heavy atom. The lowest BCUT2D eigenvalue weighted by molar-refractivity contribution is -0.135. The van der Waals surface area contributed by atoms with Gasteiger partial charge < -0.3 is 14.7 Å². The van der Waals surface area contributed by atoms with Crippen LogP contribution in [0.5, 0.6) is 5.75 Å². The zero-order chi connectivity index (χ0) is 19.0. The minimum Gasteiger partial charge on any atom is -0.481 e. The van der Waals surface area contributed by atoms with Gasteiger partial charge in [0.05, 0.1) is 5.69 Å². The van der Waals surface area contributed by atoms with E-state index in [1.54, 1.807) is 35.0 Å². The fraction of sp³-hybridized carbons (Fsp3) is 0.143. The second-order valence-corrected chi connectivity index (χ2v) is 6.42. The molecule has 0 aromatic heterocycles. The Labute approximate surface area is 156 Å². The average molecular weight is 362 g/mol. The van der Waals surface area contributed by atoms with Crippen molar-refractivity contribution in [3.05, 3.63) is 60.7 Å². The van der Waals surface area contributed by atoms with Gasteiger partial charge in [0.15, 0.2) is 6.61 Å². The molecule has 0 aliphatic carbocycles. The molecule has 1 amide bonds. The molecule has 1 aliphatic heterocycles. The van der Waals surface area contributed by atoms with Crippen LogP contribution in [0.25, 0.3) is 10.8 Å². The predicted molar refractivity (Wildman–Crippen MR) is 104 cm³/mol. The number of benzene rings is 3. The van der Waals surface area contributed by atoms with Gasteiger partial charge in [0.25, 0.3) is 5.91 Å². The first kappa shape index (κ1) is 16.9. The number of anilines is 3. The van der Waals surface area contributed by atoms with Crippen LogP contribution >= 0.6 is 0 Å². The number of likely N-dealkylation sites (N-methyl/N-ethyl adjacent to an activating group) is 1. The number of carboxylic acids is 1. The Morgan fingerprint density at radius 3 is 2.67 bits per heavy atom. The molecule has 0 fully saturated rings. The van der Waals surface area contributed by atoms with Gasteiger partial charge in [-0.05, 0) is 35.0 Å². The molecule has 0 saturated carbocycles. The number of aliphatic carboxylic acids is 1. The summed E-state index contributed by atoms with van der Waals surface area (Å²) in [5, 5.41) is 11.3. The molecule has 3 aromatic carbocycles. The smallest absolute Gasteiger partial charge is 0.323 e. The van der Waals surface area contributed by atoms with Crippen LogP contribution in [0.3, 0.4) is 0 Å². The Bertz CT molecular complexity index is 1050. The zero-order valence-electron chi connectivity index (χ0n) is 14.8. The van der Waals surface area contributed by atoms with Crippen LogP contribution in [0.15, 0.2) is 60.7 Å². The summed E-state index contributed by atoms with van der Waals surface area (Å²) in [4.78, 5) is 27.1. The maximum absolute atomic E-state index is 12.8. The van der Waals surface area contributed by atoms with Crippen LogP contribution in [-0.4, -0.2) is 37.2 Å². The fourth-order valence-corrected chi connectivity index (χ4v) is 3.37. The SMILES string of the molecule is CN(CC(=O)O)c1cccc2c1N(c1ccc3ccccc3c1)C(=O)CO2. The molecule has 0 spiro atoms. The molecule has 1 N–H and O–H groups in total. The second-order valence-electron chi connectivity index (χ2n) is 6.42. The molecule has 1 aliphatic rings. The molecular formula is C21H18N2O4. The summed E-state index contributed by atoms with van der Waals surface area (Å²) in [6, 6.07) is 19.1. The monoisotopic (exact) mass is 362 g/mol. The Balaban J connectivity index is 1.87. The van der Waals surface area contributed by atoms with Crippen LogP contribution in [0, 0.1) is 0 Å². The average Bonchev–Trinajstić information content (AvgIpc) is 2.66. The summed E-state index contributed by atoms with van der Waals surface area (Å²) in [6.45, 7) is -0.248. The van der Waals surface area contributed by atoms with E-state index in [1.165, 1.54) is 0 Å². The highest BCUT2D eigenvalue weighted by atomic mass is 16.5. The zero-order valence-corrected chi connectivity index (χ0v) is 14.8. The standard InChI is InChI=1S/C21H18N2O4/c1-22(12-20(25)26)17-7-4-8-18-21(17)23(19(24)13-27-18)16-10-9-14-5-2-3-6-15(14)11-16/h2-11H,12-13H2,1H3,(H,25,26). The van der Waals surface area contributed by atoms with Crippen molar-refractivity contribution in [2.75, 3.05) is 30.0 Å². The summed E-state index contributed by atoms with van der Waals surface area (Å²) < 4.78 is 5.61. The minimum absolute atomic E-state index is 0.0636. The maximum atomic E-state index is 12.8. The van der Waals surface area contributed by atoms with E-state index in [-0.39, 0.29) is 19.1 Å². The maximum Gasteiger partial charge on any atom is 0.323 e. The van der Waals surface area contributed by atoms with Crippen LogP contribution in [-0.2, 0) is 9.59 Å². The molecule has 3 aromatic rings. The van der Waals surface area contributed by atoms with Gasteiger partial charge in [0.2, 0.25) is 0 Å². The van der Waals surface area contributed by atoms with Gasteiger partial charge in [-0.25, -0.2) is 0 Å². The van der Waals surface area contributed by atoms with Gasteiger partial charge in [-0.15, -0.1) is 0 Å². The summed E-state index contributed by atoms with van der Waals surface area (Å²) >= 11 is 0. The van der Waals surface area contributed by atoms with Crippen molar-refractivity contribution in [2.24, 2.45) is 0 Å². The number of amides is 1. The third-order valence-electron chi connectivity index (χ3n) is 4.58. The number of carboxylic acid groups (broad SMARTS) is 1. The summed E-state index contributed by atoms with van der Waals surface area (Å²) in [6.07, 6.45) is 0. The van der Waals surface area contributed by atoms with Gasteiger partial charge in [-0.3, -0.25) is 14.5 Å². The molecular weight excluding hydrogens is 344 g/mol. The Kier molecular flexibility index (Phi) is 4.16. The van der Waals surface area contributed by atoms with Crippen molar-refractivity contribution in [1.82, 2.24) is 0 Å². The first-order valence-electron chi connectivity index (χ1n) is 8.55. The third kappa shape index (κ3) is 3.06. The van der Waals surface area contributed by atoms with Crippen molar-refractivity contribution >= 4 is 39.7 Å². The number of rotatable bonds is 4. The number of ether oxygens (including phenoxy) is 1. The van der Waals surface area contributed by atoms with E-state index in [2.05, 4.69) is 0 Å². The van der Waals surface area contributed by atoms with Crippen LogP contribution in [0.1, 0.15) is 0 Å².